The lowest BCUT2D eigenvalue weighted by Crippen LogP contribution is -2.21. The number of aromatic nitrogens is 2. The lowest BCUT2D eigenvalue weighted by atomic mass is 10.2. The van der Waals surface area contributed by atoms with Gasteiger partial charge >= 0.3 is 0 Å². The highest BCUT2D eigenvalue weighted by Gasteiger charge is 2.27. The quantitative estimate of drug-likeness (QED) is 0.902. The SMILES string of the molecule is CC(C)CNCc1nc2cc(Cl)ccc2n1C1CC1. The highest BCUT2D eigenvalue weighted by atomic mass is 35.5. The number of hydrogen-bond donors (Lipinski definition) is 1. The van der Waals surface area contributed by atoms with Crippen LogP contribution in [0.25, 0.3) is 11.0 Å². The number of halogens is 1. The predicted octanol–water partition coefficient (Wildman–Crippen LogP) is 3.77. The van der Waals surface area contributed by atoms with Crippen LogP contribution in [0, 0.1) is 5.92 Å². The van der Waals surface area contributed by atoms with Gasteiger partial charge in [0.1, 0.15) is 5.82 Å². The highest BCUT2D eigenvalue weighted by Crippen LogP contribution is 2.39. The third-order valence-electron chi connectivity index (χ3n) is 3.47. The van der Waals surface area contributed by atoms with Crippen molar-refractivity contribution >= 4 is 22.6 Å². The van der Waals surface area contributed by atoms with E-state index in [4.69, 9.17) is 16.6 Å². The maximum Gasteiger partial charge on any atom is 0.124 e. The molecule has 2 aromatic rings. The summed E-state index contributed by atoms with van der Waals surface area (Å²) < 4.78 is 2.39. The number of hydrogen-bond acceptors (Lipinski definition) is 2. The van der Waals surface area contributed by atoms with E-state index in [0.29, 0.717) is 12.0 Å². The average molecular weight is 278 g/mol. The van der Waals surface area contributed by atoms with Crippen LogP contribution >= 0.6 is 11.6 Å². The molecular formula is C15H20ClN3. The van der Waals surface area contributed by atoms with Crippen molar-refractivity contribution in [1.29, 1.82) is 0 Å². The first-order valence-electron chi connectivity index (χ1n) is 7.02. The van der Waals surface area contributed by atoms with Crippen molar-refractivity contribution in [3.63, 3.8) is 0 Å². The molecular weight excluding hydrogens is 258 g/mol. The Morgan fingerprint density at radius 1 is 1.42 bits per heavy atom. The summed E-state index contributed by atoms with van der Waals surface area (Å²) in [6.07, 6.45) is 2.54. The van der Waals surface area contributed by atoms with Gasteiger partial charge in [-0.2, -0.15) is 0 Å². The van der Waals surface area contributed by atoms with Crippen molar-refractivity contribution in [2.45, 2.75) is 39.3 Å². The summed E-state index contributed by atoms with van der Waals surface area (Å²) in [7, 11) is 0. The Labute approximate surface area is 119 Å². The number of fused-ring (bicyclic) bond motifs is 1. The molecule has 0 amide bonds. The number of nitrogens with one attached hydrogen (secondary N) is 1. The molecule has 0 bridgehead atoms. The molecule has 1 aliphatic rings. The summed E-state index contributed by atoms with van der Waals surface area (Å²) >= 11 is 6.06. The summed E-state index contributed by atoms with van der Waals surface area (Å²) in [5.74, 6) is 1.80. The van der Waals surface area contributed by atoms with E-state index in [-0.39, 0.29) is 0 Å². The minimum absolute atomic E-state index is 0.641. The molecule has 0 unspecified atom stereocenters. The van der Waals surface area contributed by atoms with Crippen LogP contribution in [-0.4, -0.2) is 16.1 Å². The Morgan fingerprint density at radius 3 is 2.89 bits per heavy atom. The monoisotopic (exact) mass is 277 g/mol. The maximum atomic E-state index is 6.06. The first-order valence-corrected chi connectivity index (χ1v) is 7.40. The van der Waals surface area contributed by atoms with E-state index >= 15 is 0 Å². The zero-order valence-corrected chi connectivity index (χ0v) is 12.2. The van der Waals surface area contributed by atoms with Gasteiger partial charge in [0, 0.05) is 11.1 Å². The molecule has 1 heterocycles. The molecule has 1 N–H and O–H groups in total. The molecule has 0 saturated heterocycles. The second-order valence-corrected chi connectivity index (χ2v) is 6.22. The lowest BCUT2D eigenvalue weighted by Gasteiger charge is -2.10. The zero-order valence-electron chi connectivity index (χ0n) is 11.5. The first-order chi connectivity index (χ1) is 9.15. The Bertz CT molecular complexity index is 584. The molecule has 1 fully saturated rings. The number of nitrogens with zero attached hydrogens (tertiary/aromatic N) is 2. The van der Waals surface area contributed by atoms with E-state index in [2.05, 4.69) is 29.8 Å². The van der Waals surface area contributed by atoms with Crippen LogP contribution in [0.2, 0.25) is 5.02 Å². The third kappa shape index (κ3) is 2.77. The molecule has 1 saturated carbocycles. The van der Waals surface area contributed by atoms with Crippen LogP contribution in [0.5, 0.6) is 0 Å². The van der Waals surface area contributed by atoms with Crippen LogP contribution in [0.15, 0.2) is 18.2 Å². The fourth-order valence-corrected chi connectivity index (χ4v) is 2.63. The molecule has 4 heteroatoms. The van der Waals surface area contributed by atoms with Gasteiger partial charge in [-0.25, -0.2) is 4.98 Å². The standard InChI is InChI=1S/C15H20ClN3/c1-10(2)8-17-9-15-18-13-7-11(16)3-6-14(13)19(15)12-4-5-12/h3,6-7,10,12,17H,4-5,8-9H2,1-2H3. The summed E-state index contributed by atoms with van der Waals surface area (Å²) in [6, 6.07) is 6.65. The molecule has 1 aromatic carbocycles. The number of imidazole rings is 1. The Hall–Kier alpha value is -1.06. The van der Waals surface area contributed by atoms with Crippen molar-refractivity contribution in [3.05, 3.63) is 29.0 Å². The van der Waals surface area contributed by atoms with Crippen LogP contribution in [0.3, 0.4) is 0 Å². The fourth-order valence-electron chi connectivity index (χ4n) is 2.46. The number of rotatable bonds is 5. The van der Waals surface area contributed by atoms with Crippen molar-refractivity contribution in [1.82, 2.24) is 14.9 Å². The van der Waals surface area contributed by atoms with Gasteiger partial charge < -0.3 is 9.88 Å². The van der Waals surface area contributed by atoms with E-state index in [9.17, 15) is 0 Å². The lowest BCUT2D eigenvalue weighted by molar-refractivity contribution is 0.531. The van der Waals surface area contributed by atoms with Crippen molar-refractivity contribution in [2.75, 3.05) is 6.54 Å². The maximum absolute atomic E-state index is 6.06. The zero-order chi connectivity index (χ0) is 13.4. The van der Waals surface area contributed by atoms with Gasteiger partial charge in [-0.1, -0.05) is 25.4 Å². The Morgan fingerprint density at radius 2 is 2.21 bits per heavy atom. The molecule has 1 aromatic heterocycles. The van der Waals surface area contributed by atoms with Gasteiger partial charge in [-0.05, 0) is 43.5 Å². The number of benzene rings is 1. The average Bonchev–Trinajstić information content (AvgIpc) is 3.11. The smallest absolute Gasteiger partial charge is 0.124 e. The summed E-state index contributed by atoms with van der Waals surface area (Å²) in [6.45, 7) is 6.29. The third-order valence-corrected chi connectivity index (χ3v) is 3.71. The van der Waals surface area contributed by atoms with Crippen molar-refractivity contribution < 1.29 is 0 Å². The molecule has 3 rings (SSSR count). The predicted molar refractivity (Wildman–Crippen MR) is 79.6 cm³/mol. The van der Waals surface area contributed by atoms with Crippen LogP contribution < -0.4 is 5.32 Å². The van der Waals surface area contributed by atoms with Crippen LogP contribution in [0.4, 0.5) is 0 Å². The molecule has 0 atom stereocenters. The molecule has 0 spiro atoms. The van der Waals surface area contributed by atoms with E-state index in [1.807, 2.05) is 12.1 Å². The van der Waals surface area contributed by atoms with Crippen molar-refractivity contribution in [3.8, 4) is 0 Å². The van der Waals surface area contributed by atoms with E-state index in [1.54, 1.807) is 0 Å². The highest BCUT2D eigenvalue weighted by molar-refractivity contribution is 6.31. The van der Waals surface area contributed by atoms with Gasteiger partial charge in [0.2, 0.25) is 0 Å². The molecule has 19 heavy (non-hydrogen) atoms. The van der Waals surface area contributed by atoms with Gasteiger partial charge in [0.25, 0.3) is 0 Å². The van der Waals surface area contributed by atoms with Gasteiger partial charge in [0.05, 0.1) is 17.6 Å². The summed E-state index contributed by atoms with van der Waals surface area (Å²) in [5, 5.41) is 4.24. The minimum Gasteiger partial charge on any atom is -0.324 e. The molecule has 1 aliphatic carbocycles. The summed E-state index contributed by atoms with van der Waals surface area (Å²) in [4.78, 5) is 4.75. The molecule has 3 nitrogen and oxygen atoms in total. The molecule has 0 aliphatic heterocycles. The van der Waals surface area contributed by atoms with E-state index in [1.165, 1.54) is 18.4 Å². The molecule has 0 radical (unpaired) electrons. The minimum atomic E-state index is 0.641. The Balaban J connectivity index is 1.91. The summed E-state index contributed by atoms with van der Waals surface area (Å²) in [5.41, 5.74) is 2.23. The largest absolute Gasteiger partial charge is 0.324 e. The van der Waals surface area contributed by atoms with Gasteiger partial charge in [-0.15, -0.1) is 0 Å². The Kier molecular flexibility index (Phi) is 3.50. The van der Waals surface area contributed by atoms with E-state index in [0.717, 1.165) is 29.5 Å². The van der Waals surface area contributed by atoms with Gasteiger partial charge in [-0.3, -0.25) is 0 Å². The topological polar surface area (TPSA) is 29.9 Å². The van der Waals surface area contributed by atoms with Crippen LogP contribution in [0.1, 0.15) is 38.6 Å². The molecule has 102 valence electrons. The van der Waals surface area contributed by atoms with E-state index < -0.39 is 0 Å². The second kappa shape index (κ2) is 5.14. The fraction of sp³-hybridized carbons (Fsp3) is 0.533. The van der Waals surface area contributed by atoms with Crippen molar-refractivity contribution in [2.24, 2.45) is 5.92 Å². The second-order valence-electron chi connectivity index (χ2n) is 5.79. The normalized spacial score (nSPS) is 15.6. The van der Waals surface area contributed by atoms with Gasteiger partial charge in [0.15, 0.2) is 0 Å². The van der Waals surface area contributed by atoms with Crippen LogP contribution in [-0.2, 0) is 6.54 Å². The first kappa shape index (κ1) is 12.9.